The van der Waals surface area contributed by atoms with Crippen molar-refractivity contribution in [1.82, 2.24) is 9.36 Å². The number of H-pyrrole nitrogens is 1. The minimum absolute atomic E-state index is 0.0455. The molecule has 1 aromatic carbocycles. The number of hydrogen-bond donors (Lipinski definition) is 3. The Kier molecular flexibility index (Phi) is 6.47. The molecule has 0 radical (unpaired) electrons. The molecule has 188 valence electrons. The van der Waals surface area contributed by atoms with Crippen LogP contribution in [0.15, 0.2) is 57.1 Å². The molecule has 0 saturated carbocycles. The Hall–Kier alpha value is -5.20. The van der Waals surface area contributed by atoms with Crippen LogP contribution in [0.5, 0.6) is 0 Å². The second-order valence-corrected chi connectivity index (χ2v) is 9.21. The number of pyridine rings is 1. The zero-order valence-electron chi connectivity index (χ0n) is 20.1. The van der Waals surface area contributed by atoms with Crippen LogP contribution in [0.3, 0.4) is 0 Å². The van der Waals surface area contributed by atoms with Crippen molar-refractivity contribution < 1.29 is 9.21 Å². The zero-order valence-corrected chi connectivity index (χ0v) is 20.9. The number of anilines is 3. The molecule has 1 aliphatic heterocycles. The van der Waals surface area contributed by atoms with E-state index in [2.05, 4.69) is 29.4 Å². The largest absolute Gasteiger partial charge is 0.467 e. The molecule has 1 aliphatic rings. The van der Waals surface area contributed by atoms with Gasteiger partial charge in [0.15, 0.2) is 11.4 Å². The fourth-order valence-electron chi connectivity index (χ4n) is 4.25. The van der Waals surface area contributed by atoms with E-state index in [1.165, 1.54) is 12.5 Å². The number of fused-ring (bicyclic) bond motifs is 1. The molecule has 3 aromatic heterocycles. The number of nitrogens with zero attached hydrogens (tertiary/aromatic N) is 5. The molecule has 4 aromatic rings. The van der Waals surface area contributed by atoms with Gasteiger partial charge in [0.1, 0.15) is 22.2 Å². The van der Waals surface area contributed by atoms with Crippen molar-refractivity contribution in [3.8, 4) is 0 Å². The number of benzene rings is 1. The van der Waals surface area contributed by atoms with Crippen LogP contribution in [0.1, 0.15) is 32.8 Å². The van der Waals surface area contributed by atoms with Gasteiger partial charge in [-0.2, -0.15) is 0 Å². The van der Waals surface area contributed by atoms with Gasteiger partial charge in [0.25, 0.3) is 11.5 Å². The number of furan rings is 1. The Labute approximate surface area is 221 Å². The highest BCUT2D eigenvalue weighted by Crippen LogP contribution is 2.40. The summed E-state index contributed by atoms with van der Waals surface area (Å²) < 4.78 is 7.93. The average Bonchev–Trinajstić information content (AvgIpc) is 3.68. The maximum absolute atomic E-state index is 13.6. The van der Waals surface area contributed by atoms with Gasteiger partial charge in [-0.25, -0.2) is 9.69 Å². The topological polar surface area (TPSA) is 138 Å². The molecule has 38 heavy (non-hydrogen) atoms. The Balaban J connectivity index is 1.44. The fraction of sp³-hybridized carbons (Fsp3) is 0.154. The fourth-order valence-corrected chi connectivity index (χ4v) is 5.00. The molecule has 12 heteroatoms. The second-order valence-electron chi connectivity index (χ2n) is 8.40. The van der Waals surface area contributed by atoms with Crippen molar-refractivity contribution in [1.29, 1.82) is 0 Å². The molecular weight excluding hydrogens is 504 g/mol. The Morgan fingerprint density at radius 1 is 1.34 bits per heavy atom. The number of carbonyl (C=O) groups excluding carboxylic acids is 1. The van der Waals surface area contributed by atoms with Crippen LogP contribution >= 0.6 is 11.5 Å². The van der Waals surface area contributed by atoms with E-state index in [1.54, 1.807) is 42.3 Å². The lowest BCUT2D eigenvalue weighted by molar-refractivity contribution is 0.0988. The lowest BCUT2D eigenvalue weighted by Crippen LogP contribution is -2.29. The number of nitrogens with one attached hydrogen (secondary N) is 2. The highest BCUT2D eigenvalue weighted by atomic mass is 32.1. The predicted octanol–water partition coefficient (Wildman–Crippen LogP) is 4.69. The van der Waals surface area contributed by atoms with E-state index in [1.807, 2.05) is 0 Å². The van der Waals surface area contributed by atoms with Crippen LogP contribution in [0.4, 0.5) is 27.8 Å². The van der Waals surface area contributed by atoms with E-state index in [4.69, 9.17) is 23.3 Å². The van der Waals surface area contributed by atoms with Crippen molar-refractivity contribution in [2.75, 3.05) is 16.8 Å². The van der Waals surface area contributed by atoms with Crippen LogP contribution < -0.4 is 21.5 Å². The van der Waals surface area contributed by atoms with Gasteiger partial charge in [-0.15, -0.1) is 0 Å². The summed E-state index contributed by atoms with van der Waals surface area (Å²) in [5, 5.41) is 3.60. The number of aliphatic imine (C=N–C) groups is 1. The summed E-state index contributed by atoms with van der Waals surface area (Å²) in [6.45, 7) is 17.2. The van der Waals surface area contributed by atoms with Crippen molar-refractivity contribution in [2.24, 2.45) is 10.7 Å². The normalized spacial score (nSPS) is 12.6. The highest BCUT2D eigenvalue weighted by molar-refractivity contribution is 7.10. The Morgan fingerprint density at radius 2 is 2.18 bits per heavy atom. The maximum atomic E-state index is 13.6. The van der Waals surface area contributed by atoms with E-state index in [9.17, 15) is 9.59 Å². The van der Waals surface area contributed by atoms with Gasteiger partial charge in [0.2, 0.25) is 0 Å². The van der Waals surface area contributed by atoms with E-state index < -0.39 is 5.56 Å². The van der Waals surface area contributed by atoms with Crippen molar-refractivity contribution >= 4 is 51.0 Å². The summed E-state index contributed by atoms with van der Waals surface area (Å²) in [6.07, 6.45) is 5.10. The lowest BCUT2D eigenvalue weighted by Gasteiger charge is -2.20. The van der Waals surface area contributed by atoms with Crippen LogP contribution in [0, 0.1) is 20.1 Å². The number of carbonyl (C=O) groups is 1. The Bertz CT molecular complexity index is 1720. The van der Waals surface area contributed by atoms with Gasteiger partial charge in [-0.3, -0.25) is 23.9 Å². The number of amides is 1. The van der Waals surface area contributed by atoms with Gasteiger partial charge in [-0.1, -0.05) is 6.07 Å². The van der Waals surface area contributed by atoms with Crippen molar-refractivity contribution in [3.63, 3.8) is 0 Å². The van der Waals surface area contributed by atoms with E-state index in [0.29, 0.717) is 57.6 Å². The van der Waals surface area contributed by atoms with Gasteiger partial charge in [-0.05, 0) is 54.2 Å². The molecular formula is C26H20N8O3S. The number of amidine groups is 1. The van der Waals surface area contributed by atoms with Crippen LogP contribution in [-0.4, -0.2) is 27.6 Å². The third-order valence-corrected chi connectivity index (χ3v) is 6.99. The quantitative estimate of drug-likeness (QED) is 0.190. The summed E-state index contributed by atoms with van der Waals surface area (Å²) in [5.74, 6) is 0.359. The monoisotopic (exact) mass is 524 g/mol. The van der Waals surface area contributed by atoms with Crippen LogP contribution in [0.2, 0.25) is 0 Å². The van der Waals surface area contributed by atoms with Gasteiger partial charge < -0.3 is 20.4 Å². The zero-order chi connectivity index (χ0) is 26.8. The SMILES string of the molecule is [C-]#[N+]c1cc([N+]#[C-])c2c(c1)N(C(=O)c1cncc(Nc3s[nH]c(=O)c3C(N)=NCc3ccco3)c1C)CC2. The third-order valence-electron chi connectivity index (χ3n) is 6.19. The molecule has 0 spiro atoms. The number of rotatable bonds is 6. The summed E-state index contributed by atoms with van der Waals surface area (Å²) in [6, 6.07) is 6.69. The average molecular weight is 525 g/mol. The summed E-state index contributed by atoms with van der Waals surface area (Å²) in [4.78, 5) is 43.2. The van der Waals surface area contributed by atoms with E-state index in [0.717, 1.165) is 17.1 Å². The predicted molar refractivity (Wildman–Crippen MR) is 145 cm³/mol. The smallest absolute Gasteiger partial charge is 0.271 e. The molecule has 4 heterocycles. The first-order chi connectivity index (χ1) is 18.4. The first-order valence-electron chi connectivity index (χ1n) is 11.4. The van der Waals surface area contributed by atoms with Crippen molar-refractivity contribution in [2.45, 2.75) is 19.9 Å². The number of aromatic nitrogens is 2. The number of nitrogens with two attached hydrogens (primary N) is 1. The van der Waals surface area contributed by atoms with Crippen molar-refractivity contribution in [3.05, 3.63) is 104 Å². The van der Waals surface area contributed by atoms with Crippen LogP contribution in [0.25, 0.3) is 9.69 Å². The molecule has 4 N–H and O–H groups in total. The second kappa shape index (κ2) is 10.0. The third kappa shape index (κ3) is 4.40. The highest BCUT2D eigenvalue weighted by Gasteiger charge is 2.29. The van der Waals surface area contributed by atoms with Gasteiger partial charge in [0, 0.05) is 18.4 Å². The molecule has 0 unspecified atom stereocenters. The van der Waals surface area contributed by atoms with E-state index in [-0.39, 0.29) is 23.9 Å². The minimum Gasteiger partial charge on any atom is -0.467 e. The summed E-state index contributed by atoms with van der Waals surface area (Å²) in [5.41, 5.74) is 9.43. The molecule has 0 fully saturated rings. The molecule has 1 amide bonds. The Morgan fingerprint density at radius 3 is 2.92 bits per heavy atom. The molecule has 0 atom stereocenters. The standard InChI is InChI=1S/C26H20N8O3S/c1-14-18(26(36)34-7-6-17-19(29-3)9-15(28-2)10-21(17)34)12-30-13-20(14)32-25-22(24(35)33-38-25)23(27)31-11-16-5-4-8-37-16/h4-5,8-10,12-13,32H,6-7,11H2,1H3,(H2,27,31)(H,33,35). The first-order valence-corrected chi connectivity index (χ1v) is 12.2. The molecule has 0 bridgehead atoms. The van der Waals surface area contributed by atoms with Gasteiger partial charge >= 0.3 is 0 Å². The summed E-state index contributed by atoms with van der Waals surface area (Å²) in [7, 11) is 0. The molecule has 0 aliphatic carbocycles. The van der Waals surface area contributed by atoms with Gasteiger partial charge in [0.05, 0.1) is 43.4 Å². The van der Waals surface area contributed by atoms with E-state index >= 15 is 0 Å². The minimum atomic E-state index is -0.393. The first kappa shape index (κ1) is 24.5. The molecule has 0 saturated heterocycles. The van der Waals surface area contributed by atoms with Crippen LogP contribution in [-0.2, 0) is 13.0 Å². The summed E-state index contributed by atoms with van der Waals surface area (Å²) >= 11 is 1.06. The molecule has 5 rings (SSSR count). The number of hydrogen-bond acceptors (Lipinski definition) is 7. The molecule has 11 nitrogen and oxygen atoms in total. The number of aromatic amines is 1. The maximum Gasteiger partial charge on any atom is 0.271 e. The lowest BCUT2D eigenvalue weighted by atomic mass is 10.1.